The van der Waals surface area contributed by atoms with Gasteiger partial charge in [0, 0.05) is 42.0 Å². The molecule has 2 N–H and O–H groups in total. The average molecular weight is 450 g/mol. The fourth-order valence-electron chi connectivity index (χ4n) is 4.70. The predicted molar refractivity (Wildman–Crippen MR) is 129 cm³/mol. The molecule has 4 aromatic rings. The molecule has 3 heterocycles. The molecule has 5 rings (SSSR count). The summed E-state index contributed by atoms with van der Waals surface area (Å²) in [5, 5.41) is 0.635. The zero-order chi connectivity index (χ0) is 22.2. The second kappa shape index (κ2) is 8.60. The van der Waals surface area contributed by atoms with Crippen molar-refractivity contribution in [3.63, 3.8) is 0 Å². The van der Waals surface area contributed by atoms with Crippen LogP contribution in [-0.4, -0.2) is 37.5 Å². The maximum absolute atomic E-state index is 12.6. The number of likely N-dealkylation sites (tertiary alicyclic amines) is 1. The summed E-state index contributed by atoms with van der Waals surface area (Å²) in [5.74, 6) is 0.930. The summed E-state index contributed by atoms with van der Waals surface area (Å²) in [6.07, 6.45) is 2.91. The van der Waals surface area contributed by atoms with E-state index in [0.717, 1.165) is 72.7 Å². The highest BCUT2D eigenvalue weighted by molar-refractivity contribution is 6.31. The van der Waals surface area contributed by atoms with Crippen molar-refractivity contribution in [3.8, 4) is 11.4 Å². The molecular weight excluding hydrogens is 422 g/mol. The standard InChI is InChI=1S/C25H28ClN5O/c1-3-17-4-6-18(7-5-17)24-27-16(2)22(28-24)15-30-12-10-20(11-13-30)31-23-9-8-19(26)14-21(23)29-25(31)32/h4-9,14,20H,3,10-13,15H2,1-2H3,(H,27,28)(H,29,32). The van der Waals surface area contributed by atoms with Gasteiger partial charge in [0.15, 0.2) is 0 Å². The Morgan fingerprint density at radius 3 is 2.56 bits per heavy atom. The molecule has 0 radical (unpaired) electrons. The summed E-state index contributed by atoms with van der Waals surface area (Å²) in [6, 6.07) is 14.4. The predicted octanol–water partition coefficient (Wildman–Crippen LogP) is 5.08. The lowest BCUT2D eigenvalue weighted by atomic mass is 10.0. The van der Waals surface area contributed by atoms with Crippen LogP contribution in [-0.2, 0) is 13.0 Å². The van der Waals surface area contributed by atoms with Crippen LogP contribution in [0, 0.1) is 6.92 Å². The monoisotopic (exact) mass is 449 g/mol. The van der Waals surface area contributed by atoms with Crippen molar-refractivity contribution in [2.24, 2.45) is 0 Å². The molecule has 6 nitrogen and oxygen atoms in total. The Balaban J connectivity index is 1.27. The number of aryl methyl sites for hydroxylation is 2. The van der Waals surface area contributed by atoms with Crippen molar-refractivity contribution in [2.45, 2.75) is 45.7 Å². The number of nitrogens with one attached hydrogen (secondary N) is 2. The van der Waals surface area contributed by atoms with E-state index in [4.69, 9.17) is 16.6 Å². The first-order valence-electron chi connectivity index (χ1n) is 11.3. The fourth-order valence-corrected chi connectivity index (χ4v) is 4.87. The summed E-state index contributed by atoms with van der Waals surface area (Å²) in [7, 11) is 0. The van der Waals surface area contributed by atoms with Gasteiger partial charge in [0.2, 0.25) is 0 Å². The zero-order valence-corrected chi connectivity index (χ0v) is 19.2. The Hall–Kier alpha value is -2.83. The molecule has 1 aliphatic heterocycles. The van der Waals surface area contributed by atoms with Gasteiger partial charge in [0.05, 0.1) is 16.7 Å². The SMILES string of the molecule is CCc1ccc(-c2nc(CN3CCC(n4c(=O)[nH]c5cc(Cl)ccc54)CC3)c(C)[nH]2)cc1. The third-order valence-corrected chi connectivity index (χ3v) is 6.83. The van der Waals surface area contributed by atoms with Gasteiger partial charge >= 0.3 is 5.69 Å². The van der Waals surface area contributed by atoms with Crippen LogP contribution in [0.2, 0.25) is 5.02 Å². The molecule has 0 aliphatic carbocycles. The number of aromatic nitrogens is 4. The van der Waals surface area contributed by atoms with E-state index in [0.29, 0.717) is 5.02 Å². The first kappa shape index (κ1) is 21.0. The highest BCUT2D eigenvalue weighted by Crippen LogP contribution is 2.27. The van der Waals surface area contributed by atoms with E-state index in [1.807, 2.05) is 22.8 Å². The van der Waals surface area contributed by atoms with Crippen LogP contribution in [0.3, 0.4) is 0 Å². The molecule has 1 aliphatic rings. The maximum Gasteiger partial charge on any atom is 0.326 e. The third kappa shape index (κ3) is 4.00. The maximum atomic E-state index is 12.6. The van der Waals surface area contributed by atoms with E-state index in [1.54, 1.807) is 0 Å². The number of H-pyrrole nitrogens is 2. The number of imidazole rings is 2. The molecule has 0 saturated carbocycles. The van der Waals surface area contributed by atoms with E-state index >= 15 is 0 Å². The number of aromatic amines is 2. The molecule has 7 heteroatoms. The lowest BCUT2D eigenvalue weighted by Gasteiger charge is -2.32. The lowest BCUT2D eigenvalue weighted by molar-refractivity contribution is 0.178. The van der Waals surface area contributed by atoms with Crippen LogP contribution in [0.1, 0.15) is 42.8 Å². The molecule has 0 unspecified atom stereocenters. The molecular formula is C25H28ClN5O. The molecule has 2 aromatic heterocycles. The van der Waals surface area contributed by atoms with E-state index in [1.165, 1.54) is 5.56 Å². The molecule has 32 heavy (non-hydrogen) atoms. The largest absolute Gasteiger partial charge is 0.342 e. The van der Waals surface area contributed by atoms with Crippen molar-refractivity contribution in [2.75, 3.05) is 13.1 Å². The van der Waals surface area contributed by atoms with E-state index in [-0.39, 0.29) is 11.7 Å². The minimum Gasteiger partial charge on any atom is -0.342 e. The van der Waals surface area contributed by atoms with Gasteiger partial charge in [-0.1, -0.05) is 42.8 Å². The van der Waals surface area contributed by atoms with Crippen LogP contribution >= 0.6 is 11.6 Å². The number of nitrogens with zero attached hydrogens (tertiary/aromatic N) is 3. The van der Waals surface area contributed by atoms with E-state index in [2.05, 4.69) is 53.0 Å². The Morgan fingerprint density at radius 2 is 1.84 bits per heavy atom. The van der Waals surface area contributed by atoms with Crippen molar-refractivity contribution in [1.82, 2.24) is 24.4 Å². The van der Waals surface area contributed by atoms with Gasteiger partial charge < -0.3 is 9.97 Å². The van der Waals surface area contributed by atoms with Crippen LogP contribution in [0.15, 0.2) is 47.3 Å². The topological polar surface area (TPSA) is 69.7 Å². The summed E-state index contributed by atoms with van der Waals surface area (Å²) >= 11 is 6.08. The van der Waals surface area contributed by atoms with E-state index < -0.39 is 0 Å². The molecule has 2 aromatic carbocycles. The molecule has 1 fully saturated rings. The number of benzene rings is 2. The van der Waals surface area contributed by atoms with Gasteiger partial charge in [-0.15, -0.1) is 0 Å². The summed E-state index contributed by atoms with van der Waals surface area (Å²) in [5.41, 5.74) is 6.34. The van der Waals surface area contributed by atoms with Crippen LogP contribution < -0.4 is 5.69 Å². The summed E-state index contributed by atoms with van der Waals surface area (Å²) < 4.78 is 1.90. The van der Waals surface area contributed by atoms with Gasteiger partial charge in [0.1, 0.15) is 5.82 Å². The Morgan fingerprint density at radius 1 is 1.09 bits per heavy atom. The minimum absolute atomic E-state index is 0.0532. The van der Waals surface area contributed by atoms with Crippen LogP contribution in [0.25, 0.3) is 22.4 Å². The summed E-state index contributed by atoms with van der Waals surface area (Å²) in [4.78, 5) is 26.3. The average Bonchev–Trinajstić information content (AvgIpc) is 3.32. The summed E-state index contributed by atoms with van der Waals surface area (Å²) in [6.45, 7) is 6.95. The number of halogens is 1. The van der Waals surface area contributed by atoms with Crippen LogP contribution in [0.5, 0.6) is 0 Å². The van der Waals surface area contributed by atoms with Gasteiger partial charge in [-0.3, -0.25) is 9.47 Å². The Bertz CT molecular complexity index is 1290. The normalized spacial score (nSPS) is 15.6. The highest BCUT2D eigenvalue weighted by atomic mass is 35.5. The zero-order valence-electron chi connectivity index (χ0n) is 18.5. The van der Waals surface area contributed by atoms with Crippen molar-refractivity contribution >= 4 is 22.6 Å². The van der Waals surface area contributed by atoms with Crippen LogP contribution in [0.4, 0.5) is 0 Å². The van der Waals surface area contributed by atoms with Gasteiger partial charge in [-0.05, 0) is 49.9 Å². The molecule has 0 spiro atoms. The fraction of sp³-hybridized carbons (Fsp3) is 0.360. The smallest absolute Gasteiger partial charge is 0.326 e. The Kier molecular flexibility index (Phi) is 5.66. The Labute approximate surface area is 192 Å². The number of hydrogen-bond donors (Lipinski definition) is 2. The second-order valence-corrected chi connectivity index (χ2v) is 9.11. The first-order chi connectivity index (χ1) is 15.5. The lowest BCUT2D eigenvalue weighted by Crippen LogP contribution is -2.36. The second-order valence-electron chi connectivity index (χ2n) is 8.68. The van der Waals surface area contributed by atoms with Gasteiger partial charge in [0.25, 0.3) is 0 Å². The number of hydrogen-bond acceptors (Lipinski definition) is 3. The number of fused-ring (bicyclic) bond motifs is 1. The van der Waals surface area contributed by atoms with E-state index in [9.17, 15) is 4.79 Å². The van der Waals surface area contributed by atoms with Crippen molar-refractivity contribution in [1.29, 1.82) is 0 Å². The number of rotatable bonds is 5. The first-order valence-corrected chi connectivity index (χ1v) is 11.7. The molecule has 0 bridgehead atoms. The highest BCUT2D eigenvalue weighted by Gasteiger charge is 2.24. The quantitative estimate of drug-likeness (QED) is 0.446. The molecule has 0 atom stereocenters. The van der Waals surface area contributed by atoms with Gasteiger partial charge in [-0.25, -0.2) is 9.78 Å². The van der Waals surface area contributed by atoms with Crippen molar-refractivity contribution < 1.29 is 0 Å². The molecule has 166 valence electrons. The minimum atomic E-state index is -0.0532. The third-order valence-electron chi connectivity index (χ3n) is 6.60. The van der Waals surface area contributed by atoms with Gasteiger partial charge in [-0.2, -0.15) is 0 Å². The molecule has 1 saturated heterocycles. The van der Waals surface area contributed by atoms with Crippen molar-refractivity contribution in [3.05, 3.63) is 74.9 Å². The molecule has 0 amide bonds. The number of piperidine rings is 1.